The Bertz CT molecular complexity index is 610. The summed E-state index contributed by atoms with van der Waals surface area (Å²) in [7, 11) is 0. The van der Waals surface area contributed by atoms with Crippen molar-refractivity contribution in [3.8, 4) is 5.75 Å². The van der Waals surface area contributed by atoms with Crippen LogP contribution in [0.4, 0.5) is 11.4 Å². The monoisotopic (exact) mass is 268 g/mol. The van der Waals surface area contributed by atoms with Crippen LogP contribution in [0.15, 0.2) is 42.5 Å². The Hall–Kier alpha value is -2.16. The fourth-order valence-corrected chi connectivity index (χ4v) is 2.68. The molecule has 0 unspecified atom stereocenters. The van der Waals surface area contributed by atoms with Crippen LogP contribution in [0.2, 0.25) is 0 Å². The molecule has 104 valence electrons. The first kappa shape index (κ1) is 12.9. The number of hydrogen-bond donors (Lipinski definition) is 1. The minimum atomic E-state index is 0.694. The molecule has 0 fully saturated rings. The van der Waals surface area contributed by atoms with E-state index in [1.54, 1.807) is 0 Å². The summed E-state index contributed by atoms with van der Waals surface area (Å²) in [6, 6.07) is 14.3. The Morgan fingerprint density at radius 1 is 1.20 bits per heavy atom. The van der Waals surface area contributed by atoms with Crippen LogP contribution < -0.4 is 15.4 Å². The third kappa shape index (κ3) is 2.57. The van der Waals surface area contributed by atoms with E-state index >= 15 is 0 Å². The van der Waals surface area contributed by atoms with E-state index in [9.17, 15) is 0 Å². The molecule has 0 saturated heterocycles. The highest BCUT2D eigenvalue weighted by Gasteiger charge is 2.18. The van der Waals surface area contributed by atoms with Crippen molar-refractivity contribution >= 4 is 11.4 Å². The largest absolute Gasteiger partial charge is 0.491 e. The van der Waals surface area contributed by atoms with Gasteiger partial charge < -0.3 is 15.4 Å². The van der Waals surface area contributed by atoms with Gasteiger partial charge in [0.1, 0.15) is 12.4 Å². The molecule has 3 nitrogen and oxygen atoms in total. The van der Waals surface area contributed by atoms with Gasteiger partial charge in [-0.05, 0) is 42.7 Å². The third-order valence-corrected chi connectivity index (χ3v) is 3.81. The minimum Gasteiger partial charge on any atom is -0.491 e. The van der Waals surface area contributed by atoms with Crippen LogP contribution in [0, 0.1) is 6.92 Å². The van der Waals surface area contributed by atoms with Gasteiger partial charge in [0.25, 0.3) is 0 Å². The molecule has 0 atom stereocenters. The van der Waals surface area contributed by atoms with E-state index in [0.717, 1.165) is 30.9 Å². The van der Waals surface area contributed by atoms with Crippen LogP contribution in [0.25, 0.3) is 0 Å². The lowest BCUT2D eigenvalue weighted by Gasteiger charge is -2.20. The van der Waals surface area contributed by atoms with Gasteiger partial charge in [0.2, 0.25) is 0 Å². The van der Waals surface area contributed by atoms with E-state index < -0.39 is 0 Å². The molecule has 0 aromatic heterocycles. The Balaban J connectivity index is 1.61. The van der Waals surface area contributed by atoms with Crippen LogP contribution in [0.5, 0.6) is 5.75 Å². The number of nitrogens with zero attached hydrogens (tertiary/aromatic N) is 1. The third-order valence-electron chi connectivity index (χ3n) is 3.81. The van der Waals surface area contributed by atoms with Gasteiger partial charge >= 0.3 is 0 Å². The molecule has 0 radical (unpaired) electrons. The normalized spacial score (nSPS) is 13.3. The van der Waals surface area contributed by atoms with Gasteiger partial charge in [0, 0.05) is 17.9 Å². The fourth-order valence-electron chi connectivity index (χ4n) is 2.68. The lowest BCUT2D eigenvalue weighted by Crippen LogP contribution is -2.26. The number of rotatable bonds is 4. The number of nitrogen functional groups attached to an aromatic ring is 1. The number of fused-ring (bicyclic) bond motifs is 1. The predicted molar refractivity (Wildman–Crippen MR) is 83.4 cm³/mol. The molecule has 1 heterocycles. The Morgan fingerprint density at radius 2 is 2.05 bits per heavy atom. The van der Waals surface area contributed by atoms with Crippen molar-refractivity contribution < 1.29 is 4.74 Å². The average molecular weight is 268 g/mol. The summed E-state index contributed by atoms with van der Waals surface area (Å²) in [5.74, 6) is 0.972. The molecule has 0 spiro atoms. The van der Waals surface area contributed by atoms with Crippen LogP contribution in [0.3, 0.4) is 0 Å². The van der Waals surface area contributed by atoms with E-state index in [0.29, 0.717) is 6.61 Å². The SMILES string of the molecule is Cc1ccccc1OCCN1CCc2ccc(N)cc21. The second-order valence-electron chi connectivity index (χ2n) is 5.24. The van der Waals surface area contributed by atoms with E-state index in [4.69, 9.17) is 10.5 Å². The van der Waals surface area contributed by atoms with Gasteiger partial charge in [-0.25, -0.2) is 0 Å². The van der Waals surface area contributed by atoms with Crippen LogP contribution >= 0.6 is 0 Å². The molecule has 2 aromatic carbocycles. The topological polar surface area (TPSA) is 38.5 Å². The molecule has 0 aliphatic carbocycles. The molecule has 1 aliphatic rings. The summed E-state index contributed by atoms with van der Waals surface area (Å²) in [6.45, 7) is 4.71. The molecular formula is C17H20N2O. The summed E-state index contributed by atoms with van der Waals surface area (Å²) in [5.41, 5.74) is 10.5. The van der Waals surface area contributed by atoms with Crippen molar-refractivity contribution in [1.82, 2.24) is 0 Å². The number of para-hydroxylation sites is 1. The Morgan fingerprint density at radius 3 is 2.90 bits per heavy atom. The predicted octanol–water partition coefficient (Wildman–Crippen LogP) is 3.02. The number of nitrogens with two attached hydrogens (primary N) is 1. The smallest absolute Gasteiger partial charge is 0.122 e. The molecule has 0 saturated carbocycles. The fraction of sp³-hybridized carbons (Fsp3) is 0.294. The number of benzene rings is 2. The van der Waals surface area contributed by atoms with Crippen molar-refractivity contribution in [3.63, 3.8) is 0 Å². The molecule has 3 rings (SSSR count). The van der Waals surface area contributed by atoms with E-state index in [2.05, 4.69) is 30.0 Å². The molecule has 3 heteroatoms. The number of ether oxygens (including phenoxy) is 1. The summed E-state index contributed by atoms with van der Waals surface area (Å²) >= 11 is 0. The van der Waals surface area contributed by atoms with E-state index in [-0.39, 0.29) is 0 Å². The molecule has 2 aromatic rings. The summed E-state index contributed by atoms with van der Waals surface area (Å²) < 4.78 is 5.87. The maximum absolute atomic E-state index is 5.87. The van der Waals surface area contributed by atoms with Gasteiger partial charge in [-0.15, -0.1) is 0 Å². The molecule has 0 bridgehead atoms. The first-order valence-electron chi connectivity index (χ1n) is 7.06. The van der Waals surface area contributed by atoms with Gasteiger partial charge in [0.05, 0.1) is 6.54 Å². The number of hydrogen-bond acceptors (Lipinski definition) is 3. The standard InChI is InChI=1S/C17H20N2O/c1-13-4-2-3-5-17(13)20-11-10-19-9-8-14-6-7-15(18)12-16(14)19/h2-7,12H,8-11,18H2,1H3. The van der Waals surface area contributed by atoms with Crippen molar-refractivity contribution in [1.29, 1.82) is 0 Å². The van der Waals surface area contributed by atoms with E-state index in [1.807, 2.05) is 24.3 Å². The van der Waals surface area contributed by atoms with Crippen molar-refractivity contribution in [2.45, 2.75) is 13.3 Å². The Labute approximate surface area is 120 Å². The minimum absolute atomic E-state index is 0.694. The zero-order chi connectivity index (χ0) is 13.9. The van der Waals surface area contributed by atoms with Gasteiger partial charge in [-0.2, -0.15) is 0 Å². The highest BCUT2D eigenvalue weighted by atomic mass is 16.5. The summed E-state index contributed by atoms with van der Waals surface area (Å²) in [4.78, 5) is 2.35. The average Bonchev–Trinajstić information content (AvgIpc) is 2.83. The molecule has 0 amide bonds. The number of aryl methyl sites for hydroxylation is 1. The van der Waals surface area contributed by atoms with E-state index in [1.165, 1.54) is 16.8 Å². The second-order valence-corrected chi connectivity index (χ2v) is 5.24. The van der Waals surface area contributed by atoms with Crippen LogP contribution in [0.1, 0.15) is 11.1 Å². The Kier molecular flexibility index (Phi) is 3.50. The molecule has 1 aliphatic heterocycles. The highest BCUT2D eigenvalue weighted by molar-refractivity contribution is 5.64. The summed E-state index contributed by atoms with van der Waals surface area (Å²) in [5, 5.41) is 0. The lowest BCUT2D eigenvalue weighted by atomic mass is 10.1. The van der Waals surface area contributed by atoms with Crippen LogP contribution in [-0.4, -0.2) is 19.7 Å². The summed E-state index contributed by atoms with van der Waals surface area (Å²) in [6.07, 6.45) is 1.10. The molecule has 20 heavy (non-hydrogen) atoms. The second kappa shape index (κ2) is 5.45. The van der Waals surface area contributed by atoms with Crippen molar-refractivity contribution in [2.75, 3.05) is 30.3 Å². The maximum Gasteiger partial charge on any atom is 0.122 e. The highest BCUT2D eigenvalue weighted by Crippen LogP contribution is 2.29. The van der Waals surface area contributed by atoms with Gasteiger partial charge in [-0.3, -0.25) is 0 Å². The van der Waals surface area contributed by atoms with Crippen molar-refractivity contribution in [2.24, 2.45) is 0 Å². The first-order chi connectivity index (χ1) is 9.74. The first-order valence-corrected chi connectivity index (χ1v) is 7.06. The lowest BCUT2D eigenvalue weighted by molar-refractivity contribution is 0.322. The van der Waals surface area contributed by atoms with Gasteiger partial charge in [0.15, 0.2) is 0 Å². The quantitative estimate of drug-likeness (QED) is 0.866. The maximum atomic E-state index is 5.87. The zero-order valence-corrected chi connectivity index (χ0v) is 11.8. The molecule has 2 N–H and O–H groups in total. The molecular weight excluding hydrogens is 248 g/mol. The van der Waals surface area contributed by atoms with Gasteiger partial charge in [-0.1, -0.05) is 24.3 Å². The van der Waals surface area contributed by atoms with Crippen molar-refractivity contribution in [3.05, 3.63) is 53.6 Å². The zero-order valence-electron chi connectivity index (χ0n) is 11.8. The van der Waals surface area contributed by atoms with Crippen LogP contribution in [-0.2, 0) is 6.42 Å². The number of anilines is 2.